The van der Waals surface area contributed by atoms with Gasteiger partial charge in [-0.05, 0) is 70.9 Å². The summed E-state index contributed by atoms with van der Waals surface area (Å²) in [6.07, 6.45) is 4.03. The van der Waals surface area contributed by atoms with Crippen LogP contribution >= 0.6 is 27.3 Å². The molecule has 0 amide bonds. The van der Waals surface area contributed by atoms with Crippen LogP contribution in [0, 0.1) is 0 Å². The first-order valence-electron chi connectivity index (χ1n) is 7.14. The van der Waals surface area contributed by atoms with E-state index in [9.17, 15) is 0 Å². The average molecular weight is 351 g/mol. The van der Waals surface area contributed by atoms with Gasteiger partial charge in [0.05, 0.1) is 6.54 Å². The van der Waals surface area contributed by atoms with Crippen LogP contribution in [0.4, 0.5) is 11.4 Å². The van der Waals surface area contributed by atoms with Crippen molar-refractivity contribution in [3.8, 4) is 0 Å². The molecule has 106 valence electrons. The third kappa shape index (κ3) is 3.36. The molecule has 3 rings (SSSR count). The van der Waals surface area contributed by atoms with E-state index in [2.05, 4.69) is 61.9 Å². The summed E-state index contributed by atoms with van der Waals surface area (Å²) in [6.45, 7) is 3.28. The van der Waals surface area contributed by atoms with Gasteiger partial charge in [-0.3, -0.25) is 0 Å². The fraction of sp³-hybridized carbons (Fsp3) is 0.375. The van der Waals surface area contributed by atoms with E-state index in [1.807, 2.05) is 0 Å². The highest BCUT2D eigenvalue weighted by atomic mass is 79.9. The van der Waals surface area contributed by atoms with Crippen LogP contribution in [0.2, 0.25) is 0 Å². The van der Waals surface area contributed by atoms with Crippen LogP contribution in [-0.2, 0) is 6.54 Å². The molecular formula is C16H19BrN2S. The van der Waals surface area contributed by atoms with Gasteiger partial charge in [0.25, 0.3) is 0 Å². The zero-order valence-corrected chi connectivity index (χ0v) is 13.8. The average Bonchev–Trinajstić information content (AvgIpc) is 2.92. The number of hydrogen-bond donors (Lipinski definition) is 1. The molecule has 20 heavy (non-hydrogen) atoms. The van der Waals surface area contributed by atoms with Crippen molar-refractivity contribution in [2.45, 2.75) is 25.8 Å². The van der Waals surface area contributed by atoms with Crippen LogP contribution in [0.15, 0.2) is 40.2 Å². The molecule has 2 aromatic rings. The minimum Gasteiger partial charge on any atom is -0.380 e. The molecule has 1 aliphatic rings. The number of rotatable bonds is 4. The van der Waals surface area contributed by atoms with Gasteiger partial charge in [0, 0.05) is 33.8 Å². The Balaban J connectivity index is 1.59. The molecule has 0 unspecified atom stereocenters. The van der Waals surface area contributed by atoms with Gasteiger partial charge in [0.15, 0.2) is 0 Å². The molecule has 0 bridgehead atoms. The number of benzene rings is 1. The van der Waals surface area contributed by atoms with E-state index < -0.39 is 0 Å². The van der Waals surface area contributed by atoms with E-state index in [0.717, 1.165) is 6.54 Å². The second-order valence-corrected chi connectivity index (χ2v) is 6.99. The smallest absolute Gasteiger partial charge is 0.0505 e. The highest BCUT2D eigenvalue weighted by Gasteiger charge is 2.10. The molecule has 4 heteroatoms. The molecule has 0 saturated carbocycles. The standard InChI is InChI=1S/C16H19BrN2S/c17-15-8-11-20-16(15)12-18-13-4-6-14(7-5-13)19-9-2-1-3-10-19/h4-8,11,18H,1-3,9-10,12H2. The predicted molar refractivity (Wildman–Crippen MR) is 91.9 cm³/mol. The van der Waals surface area contributed by atoms with Gasteiger partial charge in [-0.2, -0.15) is 0 Å². The lowest BCUT2D eigenvalue weighted by molar-refractivity contribution is 0.578. The maximum Gasteiger partial charge on any atom is 0.0505 e. The number of thiophene rings is 1. The van der Waals surface area contributed by atoms with Crippen LogP contribution in [0.3, 0.4) is 0 Å². The Morgan fingerprint density at radius 1 is 1.05 bits per heavy atom. The molecule has 1 saturated heterocycles. The van der Waals surface area contributed by atoms with Crippen molar-refractivity contribution in [1.82, 2.24) is 0 Å². The topological polar surface area (TPSA) is 15.3 Å². The van der Waals surface area contributed by atoms with Crippen molar-refractivity contribution in [3.05, 3.63) is 45.1 Å². The molecule has 2 heterocycles. The zero-order chi connectivity index (χ0) is 13.8. The Bertz CT molecular complexity index is 544. The van der Waals surface area contributed by atoms with Crippen molar-refractivity contribution in [3.63, 3.8) is 0 Å². The summed E-state index contributed by atoms with van der Waals surface area (Å²) in [5, 5.41) is 5.59. The van der Waals surface area contributed by atoms with Crippen molar-refractivity contribution >= 4 is 38.6 Å². The molecule has 0 atom stereocenters. The summed E-state index contributed by atoms with van der Waals surface area (Å²) in [5.41, 5.74) is 2.54. The van der Waals surface area contributed by atoms with E-state index in [1.54, 1.807) is 11.3 Å². The van der Waals surface area contributed by atoms with Crippen LogP contribution in [0.5, 0.6) is 0 Å². The van der Waals surface area contributed by atoms with Crippen LogP contribution in [0.1, 0.15) is 24.1 Å². The Morgan fingerprint density at radius 3 is 2.45 bits per heavy atom. The Hall–Kier alpha value is -1.00. The summed E-state index contributed by atoms with van der Waals surface area (Å²) in [7, 11) is 0. The number of hydrogen-bond acceptors (Lipinski definition) is 3. The summed E-state index contributed by atoms with van der Waals surface area (Å²) in [4.78, 5) is 3.83. The Labute approximate surface area is 132 Å². The predicted octanol–water partition coefficient (Wildman–Crippen LogP) is 5.11. The van der Waals surface area contributed by atoms with E-state index in [-0.39, 0.29) is 0 Å². The lowest BCUT2D eigenvalue weighted by Crippen LogP contribution is -2.29. The fourth-order valence-corrected chi connectivity index (χ4v) is 4.01. The van der Waals surface area contributed by atoms with E-state index in [1.165, 1.54) is 53.1 Å². The van der Waals surface area contributed by atoms with Crippen LogP contribution in [0.25, 0.3) is 0 Å². The molecule has 2 nitrogen and oxygen atoms in total. The third-order valence-electron chi connectivity index (χ3n) is 3.73. The van der Waals surface area contributed by atoms with Gasteiger partial charge < -0.3 is 10.2 Å². The lowest BCUT2D eigenvalue weighted by atomic mass is 10.1. The fourth-order valence-electron chi connectivity index (χ4n) is 2.58. The van der Waals surface area contributed by atoms with Crippen LogP contribution < -0.4 is 10.2 Å². The first kappa shape index (κ1) is 14.0. The Morgan fingerprint density at radius 2 is 1.80 bits per heavy atom. The van der Waals surface area contributed by atoms with E-state index >= 15 is 0 Å². The van der Waals surface area contributed by atoms with Crippen LogP contribution in [-0.4, -0.2) is 13.1 Å². The third-order valence-corrected chi connectivity index (χ3v) is 5.66. The largest absolute Gasteiger partial charge is 0.380 e. The zero-order valence-electron chi connectivity index (χ0n) is 11.4. The first-order chi connectivity index (χ1) is 9.83. The summed E-state index contributed by atoms with van der Waals surface area (Å²) < 4.78 is 1.19. The van der Waals surface area contributed by atoms with E-state index in [4.69, 9.17) is 0 Å². The van der Waals surface area contributed by atoms with Crippen molar-refractivity contribution in [1.29, 1.82) is 0 Å². The van der Waals surface area contributed by atoms with Crippen molar-refractivity contribution < 1.29 is 0 Å². The quantitative estimate of drug-likeness (QED) is 0.823. The number of nitrogens with one attached hydrogen (secondary N) is 1. The molecule has 1 N–H and O–H groups in total. The molecular weight excluding hydrogens is 332 g/mol. The second kappa shape index (κ2) is 6.64. The minimum absolute atomic E-state index is 0.876. The highest BCUT2D eigenvalue weighted by molar-refractivity contribution is 9.10. The van der Waals surface area contributed by atoms with Gasteiger partial charge >= 0.3 is 0 Å². The maximum absolute atomic E-state index is 3.57. The molecule has 1 aromatic heterocycles. The number of nitrogens with zero attached hydrogens (tertiary/aromatic N) is 1. The van der Waals surface area contributed by atoms with Gasteiger partial charge in [-0.25, -0.2) is 0 Å². The monoisotopic (exact) mass is 350 g/mol. The molecule has 1 aromatic carbocycles. The molecule has 1 fully saturated rings. The Kier molecular flexibility index (Phi) is 4.63. The van der Waals surface area contributed by atoms with Gasteiger partial charge in [-0.15, -0.1) is 11.3 Å². The summed E-state index contributed by atoms with van der Waals surface area (Å²) in [5.74, 6) is 0. The number of halogens is 1. The van der Waals surface area contributed by atoms with E-state index in [0.29, 0.717) is 0 Å². The summed E-state index contributed by atoms with van der Waals surface area (Å²) in [6, 6.07) is 10.9. The lowest BCUT2D eigenvalue weighted by Gasteiger charge is -2.28. The number of piperidine rings is 1. The molecule has 0 spiro atoms. The molecule has 0 aliphatic carbocycles. The number of anilines is 2. The van der Waals surface area contributed by atoms with Crippen molar-refractivity contribution in [2.24, 2.45) is 0 Å². The van der Waals surface area contributed by atoms with Crippen molar-refractivity contribution in [2.75, 3.05) is 23.3 Å². The highest BCUT2D eigenvalue weighted by Crippen LogP contribution is 2.25. The second-order valence-electron chi connectivity index (χ2n) is 5.14. The maximum atomic E-state index is 3.57. The minimum atomic E-state index is 0.876. The SMILES string of the molecule is Brc1ccsc1CNc1ccc(N2CCCCC2)cc1. The molecule has 0 radical (unpaired) electrons. The van der Waals surface area contributed by atoms with Gasteiger partial charge in [-0.1, -0.05) is 0 Å². The van der Waals surface area contributed by atoms with Gasteiger partial charge in [0.1, 0.15) is 0 Å². The normalized spacial score (nSPS) is 15.3. The molecule has 1 aliphatic heterocycles. The first-order valence-corrected chi connectivity index (χ1v) is 8.81. The van der Waals surface area contributed by atoms with Gasteiger partial charge in [0.2, 0.25) is 0 Å². The summed E-state index contributed by atoms with van der Waals surface area (Å²) >= 11 is 5.34.